The van der Waals surface area contributed by atoms with E-state index in [0.717, 1.165) is 24.2 Å². The minimum Gasteiger partial charge on any atom is -0.366 e. The molecule has 0 spiro atoms. The number of nitrogens with one attached hydrogen (secondary N) is 1. The van der Waals surface area contributed by atoms with Crippen molar-refractivity contribution in [2.24, 2.45) is 5.73 Å². The summed E-state index contributed by atoms with van der Waals surface area (Å²) in [6, 6.07) is 7.37. The molecule has 0 saturated heterocycles. The van der Waals surface area contributed by atoms with Gasteiger partial charge in [0.25, 0.3) is 11.6 Å². The number of anilines is 1. The number of amides is 1. The van der Waals surface area contributed by atoms with Crippen LogP contribution in [0.25, 0.3) is 0 Å². The van der Waals surface area contributed by atoms with Gasteiger partial charge in [0, 0.05) is 18.0 Å². The Morgan fingerprint density at radius 3 is 2.87 bits per heavy atom. The predicted molar refractivity (Wildman–Crippen MR) is 80.6 cm³/mol. The molecule has 0 aliphatic heterocycles. The number of halogens is 1. The smallest absolute Gasteiger partial charge is 0.288 e. The number of primary amides is 1. The van der Waals surface area contributed by atoms with E-state index in [4.69, 9.17) is 5.73 Å². The van der Waals surface area contributed by atoms with E-state index in [0.29, 0.717) is 0 Å². The van der Waals surface area contributed by atoms with Gasteiger partial charge in [-0.25, -0.2) is 9.37 Å². The number of nitrogens with zero attached hydrogens (tertiary/aromatic N) is 2. The van der Waals surface area contributed by atoms with Crippen LogP contribution in [-0.4, -0.2) is 21.9 Å². The van der Waals surface area contributed by atoms with Crippen LogP contribution in [0.2, 0.25) is 0 Å². The maximum atomic E-state index is 13.2. The molecule has 2 atom stereocenters. The summed E-state index contributed by atoms with van der Waals surface area (Å²) < 4.78 is 13.2. The molecule has 0 bridgehead atoms. The molecule has 1 aromatic heterocycles. The Morgan fingerprint density at radius 2 is 2.22 bits per heavy atom. The van der Waals surface area contributed by atoms with Crippen LogP contribution in [0.4, 0.5) is 15.9 Å². The predicted octanol–water partition coefficient (Wildman–Crippen LogP) is 2.20. The number of rotatable bonds is 5. The number of carbonyl (C=O) groups excluding carboxylic acids is 1. The van der Waals surface area contributed by atoms with Gasteiger partial charge in [0.2, 0.25) is 0 Å². The fourth-order valence-electron chi connectivity index (χ4n) is 2.49. The summed E-state index contributed by atoms with van der Waals surface area (Å²) in [5.74, 6) is -0.804. The fourth-order valence-corrected chi connectivity index (χ4v) is 2.49. The monoisotopic (exact) mass is 316 g/mol. The standard InChI is InChI=1S/C15H13FN4O3/c16-9-3-1-2-8(4-9)11-6-13(11)19-15-12(14(17)21)5-10(7-18-15)20(22)23/h1-5,7,11,13H,6H2,(H2,17,21)(H,18,19)/t11-,13+/m0/s1. The number of pyridine rings is 1. The van der Waals surface area contributed by atoms with Crippen molar-refractivity contribution in [3.05, 3.63) is 63.6 Å². The van der Waals surface area contributed by atoms with Gasteiger partial charge in [0.15, 0.2) is 0 Å². The molecule has 8 heteroatoms. The zero-order valence-corrected chi connectivity index (χ0v) is 11.9. The average molecular weight is 316 g/mol. The van der Waals surface area contributed by atoms with E-state index in [-0.39, 0.29) is 34.8 Å². The van der Waals surface area contributed by atoms with Crippen LogP contribution in [0.15, 0.2) is 36.5 Å². The van der Waals surface area contributed by atoms with E-state index >= 15 is 0 Å². The lowest BCUT2D eigenvalue weighted by Gasteiger charge is -2.08. The summed E-state index contributed by atoms with van der Waals surface area (Å²) in [7, 11) is 0. The van der Waals surface area contributed by atoms with E-state index in [1.54, 1.807) is 6.07 Å². The largest absolute Gasteiger partial charge is 0.366 e. The van der Waals surface area contributed by atoms with Crippen LogP contribution in [-0.2, 0) is 0 Å². The number of hydrogen-bond acceptors (Lipinski definition) is 5. The quantitative estimate of drug-likeness (QED) is 0.649. The third-order valence-electron chi connectivity index (χ3n) is 3.74. The zero-order valence-electron chi connectivity index (χ0n) is 11.9. The molecule has 1 fully saturated rings. The zero-order chi connectivity index (χ0) is 16.6. The second kappa shape index (κ2) is 5.64. The Bertz CT molecular complexity index is 796. The highest BCUT2D eigenvalue weighted by atomic mass is 19.1. The van der Waals surface area contributed by atoms with Crippen LogP contribution >= 0.6 is 0 Å². The van der Waals surface area contributed by atoms with Gasteiger partial charge in [-0.2, -0.15) is 0 Å². The molecular formula is C15H13FN4O3. The van der Waals surface area contributed by atoms with Gasteiger partial charge in [0.05, 0.1) is 10.5 Å². The first-order valence-electron chi connectivity index (χ1n) is 6.92. The highest BCUT2D eigenvalue weighted by Gasteiger charge is 2.39. The van der Waals surface area contributed by atoms with Crippen molar-refractivity contribution >= 4 is 17.4 Å². The highest BCUT2D eigenvalue weighted by Crippen LogP contribution is 2.43. The lowest BCUT2D eigenvalue weighted by atomic mass is 10.1. The number of benzene rings is 1. The Labute approximate surface area is 130 Å². The van der Waals surface area contributed by atoms with E-state index < -0.39 is 10.8 Å². The van der Waals surface area contributed by atoms with Gasteiger partial charge in [0.1, 0.15) is 17.8 Å². The molecule has 23 heavy (non-hydrogen) atoms. The lowest BCUT2D eigenvalue weighted by Crippen LogP contribution is -2.17. The van der Waals surface area contributed by atoms with E-state index in [1.807, 2.05) is 6.07 Å². The number of aromatic nitrogens is 1. The number of nitro groups is 1. The molecule has 7 nitrogen and oxygen atoms in total. The van der Waals surface area contributed by atoms with E-state index in [9.17, 15) is 19.3 Å². The van der Waals surface area contributed by atoms with E-state index in [1.165, 1.54) is 12.1 Å². The molecular weight excluding hydrogens is 303 g/mol. The van der Waals surface area contributed by atoms with Crippen molar-refractivity contribution in [3.63, 3.8) is 0 Å². The molecule has 1 heterocycles. The van der Waals surface area contributed by atoms with Gasteiger partial charge in [-0.3, -0.25) is 14.9 Å². The Hall–Kier alpha value is -3.03. The van der Waals surface area contributed by atoms with Crippen molar-refractivity contribution in [2.45, 2.75) is 18.4 Å². The third kappa shape index (κ3) is 3.10. The molecule has 3 rings (SSSR count). The molecule has 1 aliphatic carbocycles. The SMILES string of the molecule is NC(=O)c1cc([N+](=O)[O-])cnc1N[C@@H]1C[C@H]1c1cccc(F)c1. The minimum atomic E-state index is -0.799. The fraction of sp³-hybridized carbons (Fsp3) is 0.200. The molecule has 2 aromatic rings. The summed E-state index contributed by atoms with van der Waals surface area (Å²) in [4.78, 5) is 25.5. The van der Waals surface area contributed by atoms with Crippen molar-refractivity contribution in [1.82, 2.24) is 4.98 Å². The maximum Gasteiger partial charge on any atom is 0.288 e. The van der Waals surface area contributed by atoms with Gasteiger partial charge in [-0.05, 0) is 24.1 Å². The Morgan fingerprint density at radius 1 is 1.43 bits per heavy atom. The Balaban J connectivity index is 1.79. The van der Waals surface area contributed by atoms with Crippen LogP contribution in [0.1, 0.15) is 28.3 Å². The number of carbonyl (C=O) groups is 1. The van der Waals surface area contributed by atoms with Crippen molar-refractivity contribution in [3.8, 4) is 0 Å². The highest BCUT2D eigenvalue weighted by molar-refractivity contribution is 5.98. The summed E-state index contributed by atoms with van der Waals surface area (Å²) in [5.41, 5.74) is 5.76. The average Bonchev–Trinajstić information content (AvgIpc) is 3.26. The second-order valence-corrected chi connectivity index (χ2v) is 5.36. The topological polar surface area (TPSA) is 111 Å². The number of nitrogens with two attached hydrogens (primary N) is 1. The van der Waals surface area contributed by atoms with Crippen molar-refractivity contribution in [1.29, 1.82) is 0 Å². The summed E-state index contributed by atoms with van der Waals surface area (Å²) in [6.07, 6.45) is 1.81. The second-order valence-electron chi connectivity index (χ2n) is 5.36. The molecule has 1 aliphatic rings. The van der Waals surface area contributed by atoms with Crippen LogP contribution in [0.3, 0.4) is 0 Å². The van der Waals surface area contributed by atoms with E-state index in [2.05, 4.69) is 10.3 Å². The maximum absolute atomic E-state index is 13.2. The summed E-state index contributed by atoms with van der Waals surface area (Å²) >= 11 is 0. The summed E-state index contributed by atoms with van der Waals surface area (Å²) in [5, 5.41) is 13.8. The molecule has 1 amide bonds. The van der Waals surface area contributed by atoms with Gasteiger partial charge in [-0.1, -0.05) is 12.1 Å². The van der Waals surface area contributed by atoms with Crippen molar-refractivity contribution < 1.29 is 14.1 Å². The Kier molecular flexibility index (Phi) is 3.65. The lowest BCUT2D eigenvalue weighted by molar-refractivity contribution is -0.385. The van der Waals surface area contributed by atoms with Gasteiger partial charge < -0.3 is 11.1 Å². The number of hydrogen-bond donors (Lipinski definition) is 2. The van der Waals surface area contributed by atoms with Crippen molar-refractivity contribution in [2.75, 3.05) is 5.32 Å². The first kappa shape index (κ1) is 14.9. The van der Waals surface area contributed by atoms with Crippen LogP contribution < -0.4 is 11.1 Å². The minimum absolute atomic E-state index is 0.0242. The summed E-state index contributed by atoms with van der Waals surface area (Å²) in [6.45, 7) is 0. The molecule has 118 valence electrons. The first-order valence-corrected chi connectivity index (χ1v) is 6.92. The first-order chi connectivity index (χ1) is 11.0. The molecule has 0 unspecified atom stereocenters. The normalized spacial score (nSPS) is 19.2. The van der Waals surface area contributed by atoms with Crippen LogP contribution in [0, 0.1) is 15.9 Å². The molecule has 0 radical (unpaired) electrons. The molecule has 1 saturated carbocycles. The third-order valence-corrected chi connectivity index (χ3v) is 3.74. The molecule has 3 N–H and O–H groups in total. The van der Waals surface area contributed by atoms with Gasteiger partial charge >= 0.3 is 0 Å². The van der Waals surface area contributed by atoms with Crippen LogP contribution in [0.5, 0.6) is 0 Å². The molecule has 1 aromatic carbocycles. The van der Waals surface area contributed by atoms with Gasteiger partial charge in [-0.15, -0.1) is 0 Å².